The first-order valence-corrected chi connectivity index (χ1v) is 8.86. The maximum absolute atomic E-state index is 12.9. The fourth-order valence-electron chi connectivity index (χ4n) is 3.32. The summed E-state index contributed by atoms with van der Waals surface area (Å²) < 4.78 is 10.6. The lowest BCUT2D eigenvalue weighted by Gasteiger charge is -2.37. The minimum atomic E-state index is 0.0165. The molecule has 1 heterocycles. The molecule has 0 aliphatic carbocycles. The molecule has 0 atom stereocenters. The Hall–Kier alpha value is -2.69. The van der Waals surface area contributed by atoms with Crippen molar-refractivity contribution < 1.29 is 14.3 Å². The van der Waals surface area contributed by atoms with E-state index in [1.54, 1.807) is 32.4 Å². The van der Waals surface area contributed by atoms with Gasteiger partial charge < -0.3 is 19.3 Å². The van der Waals surface area contributed by atoms with E-state index < -0.39 is 0 Å². The molecule has 2 aromatic carbocycles. The number of piperazine rings is 1. The summed E-state index contributed by atoms with van der Waals surface area (Å²) in [7, 11) is 3.18. The lowest BCUT2D eigenvalue weighted by Crippen LogP contribution is -2.49. The molecule has 0 unspecified atom stereocenters. The van der Waals surface area contributed by atoms with Crippen molar-refractivity contribution in [1.29, 1.82) is 0 Å². The molecule has 2 aromatic rings. The molecule has 5 nitrogen and oxygen atoms in total. The lowest BCUT2D eigenvalue weighted by molar-refractivity contribution is 0.0746. The van der Waals surface area contributed by atoms with Crippen LogP contribution in [0.4, 0.5) is 5.69 Å². The van der Waals surface area contributed by atoms with Gasteiger partial charge in [0, 0.05) is 43.5 Å². The van der Waals surface area contributed by atoms with Crippen molar-refractivity contribution in [3.63, 3.8) is 0 Å². The third-order valence-electron chi connectivity index (χ3n) is 4.87. The van der Waals surface area contributed by atoms with E-state index in [2.05, 4.69) is 36.9 Å². The van der Waals surface area contributed by atoms with Crippen molar-refractivity contribution in [2.75, 3.05) is 45.3 Å². The average molecular weight is 354 g/mol. The Morgan fingerprint density at radius 2 is 1.50 bits per heavy atom. The van der Waals surface area contributed by atoms with Crippen LogP contribution in [-0.4, -0.2) is 51.2 Å². The van der Waals surface area contributed by atoms with Gasteiger partial charge in [0.1, 0.15) is 11.5 Å². The molecule has 0 saturated carbocycles. The predicted octanol–water partition coefficient (Wildman–Crippen LogP) is 3.28. The van der Waals surface area contributed by atoms with Crippen LogP contribution in [0.1, 0.15) is 21.5 Å². The van der Waals surface area contributed by atoms with Gasteiger partial charge in [-0.15, -0.1) is 0 Å². The molecule has 1 aliphatic heterocycles. The van der Waals surface area contributed by atoms with E-state index in [9.17, 15) is 4.79 Å². The summed E-state index contributed by atoms with van der Waals surface area (Å²) in [6.07, 6.45) is 0. The molecule has 26 heavy (non-hydrogen) atoms. The molecule has 1 amide bonds. The number of aryl methyl sites for hydroxylation is 2. The van der Waals surface area contributed by atoms with E-state index in [-0.39, 0.29) is 5.91 Å². The molecule has 138 valence electrons. The Bertz CT molecular complexity index is 774. The van der Waals surface area contributed by atoms with E-state index in [4.69, 9.17) is 9.47 Å². The van der Waals surface area contributed by atoms with Crippen molar-refractivity contribution >= 4 is 11.6 Å². The molecular formula is C21H26N2O3. The number of hydrogen-bond donors (Lipinski definition) is 0. The topological polar surface area (TPSA) is 42.0 Å². The Kier molecular flexibility index (Phi) is 5.35. The summed E-state index contributed by atoms with van der Waals surface area (Å²) in [4.78, 5) is 17.2. The van der Waals surface area contributed by atoms with Gasteiger partial charge in [0.2, 0.25) is 0 Å². The van der Waals surface area contributed by atoms with Crippen molar-refractivity contribution in [3.8, 4) is 11.5 Å². The van der Waals surface area contributed by atoms with E-state index in [0.717, 1.165) is 13.1 Å². The molecule has 0 aromatic heterocycles. The second kappa shape index (κ2) is 7.68. The normalized spacial score (nSPS) is 14.3. The average Bonchev–Trinajstić information content (AvgIpc) is 2.69. The second-order valence-corrected chi connectivity index (χ2v) is 6.67. The van der Waals surface area contributed by atoms with Crippen molar-refractivity contribution in [2.24, 2.45) is 0 Å². The number of rotatable bonds is 4. The quantitative estimate of drug-likeness (QED) is 0.845. The van der Waals surface area contributed by atoms with Gasteiger partial charge in [0.15, 0.2) is 0 Å². The summed E-state index contributed by atoms with van der Waals surface area (Å²) in [6.45, 7) is 7.31. The minimum Gasteiger partial charge on any atom is -0.497 e. The van der Waals surface area contributed by atoms with E-state index >= 15 is 0 Å². The SMILES string of the molecule is COc1cc(OC)cc(C(=O)N2CCN(c3cc(C)ccc3C)CC2)c1. The zero-order valence-corrected chi connectivity index (χ0v) is 15.9. The van der Waals surface area contributed by atoms with E-state index in [0.29, 0.717) is 30.2 Å². The smallest absolute Gasteiger partial charge is 0.254 e. The van der Waals surface area contributed by atoms with Gasteiger partial charge in [-0.2, -0.15) is 0 Å². The largest absolute Gasteiger partial charge is 0.497 e. The Balaban J connectivity index is 1.72. The number of benzene rings is 2. The molecule has 1 fully saturated rings. The fourth-order valence-corrected chi connectivity index (χ4v) is 3.32. The van der Waals surface area contributed by atoms with Crippen LogP contribution in [-0.2, 0) is 0 Å². The highest BCUT2D eigenvalue weighted by atomic mass is 16.5. The first-order valence-electron chi connectivity index (χ1n) is 8.86. The van der Waals surface area contributed by atoms with Crippen molar-refractivity contribution in [3.05, 3.63) is 53.1 Å². The van der Waals surface area contributed by atoms with Crippen molar-refractivity contribution in [2.45, 2.75) is 13.8 Å². The standard InChI is InChI=1S/C21H26N2O3/c1-15-5-6-16(2)20(11-15)22-7-9-23(10-8-22)21(24)17-12-18(25-3)14-19(13-17)26-4/h5-6,11-14H,7-10H2,1-4H3. The zero-order valence-electron chi connectivity index (χ0n) is 15.9. The third-order valence-corrected chi connectivity index (χ3v) is 4.87. The number of hydrogen-bond acceptors (Lipinski definition) is 4. The Labute approximate surface area is 155 Å². The lowest BCUT2D eigenvalue weighted by atomic mass is 10.1. The number of ether oxygens (including phenoxy) is 2. The van der Waals surface area contributed by atoms with Gasteiger partial charge in [-0.1, -0.05) is 12.1 Å². The van der Waals surface area contributed by atoms with Crippen LogP contribution < -0.4 is 14.4 Å². The maximum atomic E-state index is 12.9. The molecule has 0 N–H and O–H groups in total. The van der Waals surface area contributed by atoms with E-state index in [1.165, 1.54) is 16.8 Å². The number of nitrogens with zero attached hydrogens (tertiary/aromatic N) is 2. The van der Waals surface area contributed by atoms with Crippen LogP contribution in [0.25, 0.3) is 0 Å². The highest BCUT2D eigenvalue weighted by Gasteiger charge is 2.24. The van der Waals surface area contributed by atoms with E-state index in [1.807, 2.05) is 4.90 Å². The highest BCUT2D eigenvalue weighted by Crippen LogP contribution is 2.26. The van der Waals surface area contributed by atoms with Crippen LogP contribution in [0.5, 0.6) is 11.5 Å². The van der Waals surface area contributed by atoms with Gasteiger partial charge in [-0.3, -0.25) is 4.79 Å². The fraction of sp³-hybridized carbons (Fsp3) is 0.381. The van der Waals surface area contributed by atoms with Gasteiger partial charge >= 0.3 is 0 Å². The van der Waals surface area contributed by atoms with Crippen LogP contribution in [0.2, 0.25) is 0 Å². The van der Waals surface area contributed by atoms with Gasteiger partial charge in [0.05, 0.1) is 14.2 Å². The van der Waals surface area contributed by atoms with Crippen LogP contribution in [0, 0.1) is 13.8 Å². The first kappa shape index (κ1) is 18.1. The summed E-state index contributed by atoms with van der Waals surface area (Å²) in [5.41, 5.74) is 4.39. The molecule has 3 rings (SSSR count). The number of carbonyl (C=O) groups excluding carboxylic acids is 1. The van der Waals surface area contributed by atoms with Gasteiger partial charge in [-0.05, 0) is 43.2 Å². The van der Waals surface area contributed by atoms with Gasteiger partial charge in [0.25, 0.3) is 5.91 Å². The third kappa shape index (κ3) is 3.77. The first-order chi connectivity index (χ1) is 12.5. The molecular weight excluding hydrogens is 328 g/mol. The summed E-state index contributed by atoms with van der Waals surface area (Å²) >= 11 is 0. The molecule has 1 aliphatic rings. The van der Waals surface area contributed by atoms with Crippen LogP contribution >= 0.6 is 0 Å². The highest BCUT2D eigenvalue weighted by molar-refractivity contribution is 5.95. The second-order valence-electron chi connectivity index (χ2n) is 6.67. The number of anilines is 1. The predicted molar refractivity (Wildman–Crippen MR) is 104 cm³/mol. The molecule has 1 saturated heterocycles. The molecule has 0 radical (unpaired) electrons. The van der Waals surface area contributed by atoms with Crippen molar-refractivity contribution in [1.82, 2.24) is 4.90 Å². The number of carbonyl (C=O) groups is 1. The molecule has 0 spiro atoms. The molecule has 0 bridgehead atoms. The molecule has 5 heteroatoms. The summed E-state index contributed by atoms with van der Waals surface area (Å²) in [6, 6.07) is 11.8. The van der Waals surface area contributed by atoms with Crippen LogP contribution in [0.15, 0.2) is 36.4 Å². The maximum Gasteiger partial charge on any atom is 0.254 e. The van der Waals surface area contributed by atoms with Crippen LogP contribution in [0.3, 0.4) is 0 Å². The summed E-state index contributed by atoms with van der Waals surface area (Å²) in [5.74, 6) is 1.27. The Morgan fingerprint density at radius 3 is 2.08 bits per heavy atom. The number of methoxy groups -OCH3 is 2. The zero-order chi connectivity index (χ0) is 18.7. The minimum absolute atomic E-state index is 0.0165. The monoisotopic (exact) mass is 354 g/mol. The Morgan fingerprint density at radius 1 is 0.885 bits per heavy atom. The summed E-state index contributed by atoms with van der Waals surface area (Å²) in [5, 5.41) is 0. The van der Waals surface area contributed by atoms with Gasteiger partial charge in [-0.25, -0.2) is 0 Å². The number of amides is 1.